The van der Waals surface area contributed by atoms with Crippen LogP contribution in [-0.4, -0.2) is 64.5 Å². The molecule has 2 N–H and O–H groups in total. The standard InChI is InChI=1S/C18H25N5O3/c1-13-3-4-16(26-13)18-15(12-20-21-18)11-19-6-5-17(25)23-9-7-22(8-10-23)14(2)24/h3-4,12,19H,5-11H2,1-2H3,(H,20,21). The van der Waals surface area contributed by atoms with Crippen LogP contribution in [0.25, 0.3) is 11.5 Å². The Morgan fingerprint density at radius 2 is 1.96 bits per heavy atom. The van der Waals surface area contributed by atoms with Gasteiger partial charge in [-0.1, -0.05) is 0 Å². The topological polar surface area (TPSA) is 94.5 Å². The van der Waals surface area contributed by atoms with Crippen molar-refractivity contribution in [3.05, 3.63) is 29.7 Å². The summed E-state index contributed by atoms with van der Waals surface area (Å²) in [5.41, 5.74) is 1.86. The fourth-order valence-electron chi connectivity index (χ4n) is 3.07. The van der Waals surface area contributed by atoms with E-state index >= 15 is 0 Å². The number of furan rings is 1. The summed E-state index contributed by atoms with van der Waals surface area (Å²) in [7, 11) is 0. The number of H-pyrrole nitrogens is 1. The van der Waals surface area contributed by atoms with E-state index in [9.17, 15) is 9.59 Å². The van der Waals surface area contributed by atoms with Crippen molar-refractivity contribution in [1.29, 1.82) is 0 Å². The van der Waals surface area contributed by atoms with Crippen molar-refractivity contribution in [1.82, 2.24) is 25.3 Å². The molecule has 0 unspecified atom stereocenters. The van der Waals surface area contributed by atoms with E-state index in [1.165, 1.54) is 0 Å². The van der Waals surface area contributed by atoms with Gasteiger partial charge in [0.05, 0.1) is 6.20 Å². The number of aryl methyl sites for hydroxylation is 1. The van der Waals surface area contributed by atoms with Crippen LogP contribution in [0.1, 0.15) is 24.7 Å². The summed E-state index contributed by atoms with van der Waals surface area (Å²) in [4.78, 5) is 27.2. The van der Waals surface area contributed by atoms with E-state index in [-0.39, 0.29) is 11.8 Å². The molecular formula is C18H25N5O3. The van der Waals surface area contributed by atoms with Crippen LogP contribution in [0.15, 0.2) is 22.7 Å². The van der Waals surface area contributed by atoms with E-state index in [1.807, 2.05) is 24.0 Å². The second-order valence-corrected chi connectivity index (χ2v) is 6.49. The van der Waals surface area contributed by atoms with Crippen LogP contribution < -0.4 is 5.32 Å². The number of hydrogen-bond donors (Lipinski definition) is 2. The molecule has 0 spiro atoms. The van der Waals surface area contributed by atoms with Crippen molar-refractivity contribution in [3.63, 3.8) is 0 Å². The molecular weight excluding hydrogens is 334 g/mol. The highest BCUT2D eigenvalue weighted by Crippen LogP contribution is 2.23. The van der Waals surface area contributed by atoms with E-state index in [0.29, 0.717) is 45.7 Å². The first kappa shape index (κ1) is 18.2. The number of aromatic nitrogens is 2. The Hall–Kier alpha value is -2.61. The first-order chi connectivity index (χ1) is 12.5. The molecule has 3 rings (SSSR count). The number of nitrogens with one attached hydrogen (secondary N) is 2. The first-order valence-corrected chi connectivity index (χ1v) is 8.87. The Balaban J connectivity index is 1.42. The third-order valence-corrected chi connectivity index (χ3v) is 4.61. The maximum atomic E-state index is 12.3. The number of rotatable bonds is 6. The Morgan fingerprint density at radius 3 is 2.62 bits per heavy atom. The molecule has 1 saturated heterocycles. The van der Waals surface area contributed by atoms with Gasteiger partial charge in [0, 0.05) is 58.2 Å². The Labute approximate surface area is 152 Å². The number of hydrogen-bond acceptors (Lipinski definition) is 5. The van der Waals surface area contributed by atoms with Crippen LogP contribution in [-0.2, 0) is 16.1 Å². The predicted octanol–water partition coefficient (Wildman–Crippen LogP) is 1.15. The molecule has 2 amide bonds. The van der Waals surface area contributed by atoms with Crippen molar-refractivity contribution in [2.45, 2.75) is 26.8 Å². The molecule has 3 heterocycles. The number of piperazine rings is 1. The van der Waals surface area contributed by atoms with Crippen molar-refractivity contribution < 1.29 is 14.0 Å². The molecule has 0 radical (unpaired) electrons. The fourth-order valence-corrected chi connectivity index (χ4v) is 3.07. The van der Waals surface area contributed by atoms with Gasteiger partial charge in [-0.15, -0.1) is 0 Å². The molecule has 140 valence electrons. The van der Waals surface area contributed by atoms with Gasteiger partial charge in [0.2, 0.25) is 11.8 Å². The van der Waals surface area contributed by atoms with Crippen molar-refractivity contribution >= 4 is 11.8 Å². The highest BCUT2D eigenvalue weighted by molar-refractivity contribution is 5.77. The van der Waals surface area contributed by atoms with Crippen LogP contribution in [0.5, 0.6) is 0 Å². The van der Waals surface area contributed by atoms with E-state index < -0.39 is 0 Å². The summed E-state index contributed by atoms with van der Waals surface area (Å²) in [6, 6.07) is 3.83. The number of aromatic amines is 1. The summed E-state index contributed by atoms with van der Waals surface area (Å²) in [6.07, 6.45) is 2.20. The number of nitrogens with zero attached hydrogens (tertiary/aromatic N) is 3. The van der Waals surface area contributed by atoms with Crippen molar-refractivity contribution in [2.75, 3.05) is 32.7 Å². The summed E-state index contributed by atoms with van der Waals surface area (Å²) in [6.45, 7) is 7.13. The monoisotopic (exact) mass is 359 g/mol. The third-order valence-electron chi connectivity index (χ3n) is 4.61. The van der Waals surface area contributed by atoms with Crippen LogP contribution in [0, 0.1) is 6.92 Å². The summed E-state index contributed by atoms with van der Waals surface area (Å²) < 4.78 is 5.63. The van der Waals surface area contributed by atoms with Gasteiger partial charge in [-0.05, 0) is 19.1 Å². The zero-order valence-electron chi connectivity index (χ0n) is 15.2. The smallest absolute Gasteiger partial charge is 0.223 e. The fraction of sp³-hybridized carbons (Fsp3) is 0.500. The van der Waals surface area contributed by atoms with Crippen LogP contribution >= 0.6 is 0 Å². The van der Waals surface area contributed by atoms with Gasteiger partial charge in [-0.25, -0.2) is 0 Å². The van der Waals surface area contributed by atoms with Crippen molar-refractivity contribution in [3.8, 4) is 11.5 Å². The molecule has 1 aliphatic heterocycles. The molecule has 8 heteroatoms. The average Bonchev–Trinajstić information content (AvgIpc) is 3.27. The third kappa shape index (κ3) is 4.32. The van der Waals surface area contributed by atoms with Crippen LogP contribution in [0.4, 0.5) is 0 Å². The van der Waals surface area contributed by atoms with E-state index in [0.717, 1.165) is 22.8 Å². The lowest BCUT2D eigenvalue weighted by molar-refractivity contribution is -0.138. The molecule has 0 aromatic carbocycles. The zero-order valence-corrected chi connectivity index (χ0v) is 15.2. The normalized spacial score (nSPS) is 14.7. The second kappa shape index (κ2) is 8.18. The van der Waals surface area contributed by atoms with Crippen LogP contribution in [0.2, 0.25) is 0 Å². The minimum absolute atomic E-state index is 0.0708. The van der Waals surface area contributed by atoms with Gasteiger partial charge in [-0.3, -0.25) is 14.7 Å². The Bertz CT molecular complexity index is 758. The lowest BCUT2D eigenvalue weighted by Crippen LogP contribution is -2.50. The van der Waals surface area contributed by atoms with Gasteiger partial charge in [-0.2, -0.15) is 5.10 Å². The second-order valence-electron chi connectivity index (χ2n) is 6.49. The molecule has 1 aliphatic rings. The highest BCUT2D eigenvalue weighted by atomic mass is 16.3. The minimum Gasteiger partial charge on any atom is -0.460 e. The molecule has 2 aromatic heterocycles. The summed E-state index contributed by atoms with van der Waals surface area (Å²) in [5.74, 6) is 1.80. The minimum atomic E-state index is 0.0708. The van der Waals surface area contributed by atoms with Gasteiger partial charge < -0.3 is 19.5 Å². The van der Waals surface area contributed by atoms with Gasteiger partial charge in [0.15, 0.2) is 5.76 Å². The molecule has 26 heavy (non-hydrogen) atoms. The van der Waals surface area contributed by atoms with Gasteiger partial charge in [0.1, 0.15) is 11.5 Å². The lowest BCUT2D eigenvalue weighted by atomic mass is 10.2. The largest absolute Gasteiger partial charge is 0.460 e. The molecule has 8 nitrogen and oxygen atoms in total. The van der Waals surface area contributed by atoms with Gasteiger partial charge in [0.25, 0.3) is 0 Å². The number of carbonyl (C=O) groups excluding carboxylic acids is 2. The van der Waals surface area contributed by atoms with Crippen LogP contribution in [0.3, 0.4) is 0 Å². The average molecular weight is 359 g/mol. The number of carbonyl (C=O) groups is 2. The van der Waals surface area contributed by atoms with Crippen molar-refractivity contribution in [2.24, 2.45) is 0 Å². The molecule has 0 saturated carbocycles. The Kier molecular flexibility index (Phi) is 5.72. The molecule has 2 aromatic rings. The summed E-state index contributed by atoms with van der Waals surface area (Å²) >= 11 is 0. The van der Waals surface area contributed by atoms with E-state index in [1.54, 1.807) is 18.0 Å². The SMILES string of the molecule is CC(=O)N1CCN(C(=O)CCNCc2cn[nH]c2-c2ccc(C)o2)CC1. The number of amides is 2. The quantitative estimate of drug-likeness (QED) is 0.755. The zero-order chi connectivity index (χ0) is 18.5. The Morgan fingerprint density at radius 1 is 1.23 bits per heavy atom. The maximum absolute atomic E-state index is 12.3. The van der Waals surface area contributed by atoms with E-state index in [4.69, 9.17) is 4.42 Å². The predicted molar refractivity (Wildman–Crippen MR) is 96.2 cm³/mol. The highest BCUT2D eigenvalue weighted by Gasteiger charge is 2.21. The lowest BCUT2D eigenvalue weighted by Gasteiger charge is -2.34. The molecule has 0 aliphatic carbocycles. The first-order valence-electron chi connectivity index (χ1n) is 8.87. The maximum Gasteiger partial charge on any atom is 0.223 e. The molecule has 0 bridgehead atoms. The summed E-state index contributed by atoms with van der Waals surface area (Å²) in [5, 5.41) is 10.3. The van der Waals surface area contributed by atoms with Gasteiger partial charge >= 0.3 is 0 Å². The molecule has 1 fully saturated rings. The van der Waals surface area contributed by atoms with E-state index in [2.05, 4.69) is 15.5 Å². The molecule has 0 atom stereocenters.